The largest absolute Gasteiger partial charge is 0.460 e. The van der Waals surface area contributed by atoms with Crippen LogP contribution in [0, 0.1) is 6.92 Å². The van der Waals surface area contributed by atoms with Crippen LogP contribution in [-0.2, 0) is 0 Å². The van der Waals surface area contributed by atoms with E-state index in [0.29, 0.717) is 11.5 Å². The maximum atomic E-state index is 12.6. The van der Waals surface area contributed by atoms with Crippen molar-refractivity contribution in [2.75, 3.05) is 5.73 Å². The first-order valence-electron chi connectivity index (χ1n) is 7.78. The standard InChI is InChI=1S/C16H21N3O3/c1-10-8-9-12(21-10)14-13(15(17)22-19-14)16(20)18-11-6-4-2-3-5-7-11/h8-9,11H,2-7,17H2,1H3,(H,18,20). The number of anilines is 1. The quantitative estimate of drug-likeness (QED) is 0.848. The lowest BCUT2D eigenvalue weighted by atomic mass is 10.1. The number of nitrogens with two attached hydrogens (primary N) is 1. The Morgan fingerprint density at radius 3 is 2.64 bits per heavy atom. The number of hydrogen-bond donors (Lipinski definition) is 2. The molecule has 1 fully saturated rings. The smallest absolute Gasteiger partial charge is 0.259 e. The first-order valence-corrected chi connectivity index (χ1v) is 7.78. The number of nitrogen functional groups attached to an aromatic ring is 1. The minimum Gasteiger partial charge on any atom is -0.460 e. The summed E-state index contributed by atoms with van der Waals surface area (Å²) in [7, 11) is 0. The topological polar surface area (TPSA) is 94.3 Å². The van der Waals surface area contributed by atoms with Crippen LogP contribution in [0.2, 0.25) is 0 Å². The Labute approximate surface area is 129 Å². The minimum absolute atomic E-state index is 0.0233. The van der Waals surface area contributed by atoms with Gasteiger partial charge < -0.3 is 20.0 Å². The first kappa shape index (κ1) is 14.7. The van der Waals surface area contributed by atoms with Crippen LogP contribution < -0.4 is 11.1 Å². The summed E-state index contributed by atoms with van der Waals surface area (Å²) in [5.41, 5.74) is 6.41. The van der Waals surface area contributed by atoms with Gasteiger partial charge in [-0.1, -0.05) is 30.8 Å². The van der Waals surface area contributed by atoms with Crippen molar-refractivity contribution in [3.63, 3.8) is 0 Å². The third kappa shape index (κ3) is 3.00. The molecule has 0 aliphatic heterocycles. The molecular formula is C16H21N3O3. The fraction of sp³-hybridized carbons (Fsp3) is 0.500. The fourth-order valence-electron chi connectivity index (χ4n) is 2.93. The van der Waals surface area contributed by atoms with Gasteiger partial charge in [-0.05, 0) is 31.9 Å². The number of nitrogens with one attached hydrogen (secondary N) is 1. The average molecular weight is 303 g/mol. The van der Waals surface area contributed by atoms with Crippen molar-refractivity contribution >= 4 is 11.8 Å². The Hall–Kier alpha value is -2.24. The molecule has 2 aromatic heterocycles. The van der Waals surface area contributed by atoms with Gasteiger partial charge in [-0.2, -0.15) is 0 Å². The Morgan fingerprint density at radius 1 is 1.27 bits per heavy atom. The van der Waals surface area contributed by atoms with Crippen LogP contribution in [0.3, 0.4) is 0 Å². The summed E-state index contributed by atoms with van der Waals surface area (Å²) in [6.07, 6.45) is 6.78. The van der Waals surface area contributed by atoms with Crippen molar-refractivity contribution in [1.82, 2.24) is 10.5 Å². The van der Waals surface area contributed by atoms with Gasteiger partial charge in [-0.25, -0.2) is 0 Å². The molecule has 3 rings (SSSR count). The number of rotatable bonds is 3. The van der Waals surface area contributed by atoms with E-state index in [1.807, 2.05) is 13.0 Å². The highest BCUT2D eigenvalue weighted by atomic mass is 16.5. The second kappa shape index (κ2) is 6.25. The third-order valence-corrected chi connectivity index (χ3v) is 4.11. The van der Waals surface area contributed by atoms with Crippen molar-refractivity contribution in [3.05, 3.63) is 23.5 Å². The van der Waals surface area contributed by atoms with Gasteiger partial charge in [0.25, 0.3) is 5.91 Å². The molecule has 0 saturated heterocycles. The van der Waals surface area contributed by atoms with E-state index in [0.717, 1.165) is 31.4 Å². The highest BCUT2D eigenvalue weighted by Crippen LogP contribution is 2.29. The molecule has 0 aromatic carbocycles. The number of carbonyl (C=O) groups is 1. The van der Waals surface area contributed by atoms with Gasteiger partial charge in [0.2, 0.25) is 5.88 Å². The van der Waals surface area contributed by atoms with E-state index in [1.54, 1.807) is 6.07 Å². The van der Waals surface area contributed by atoms with Crippen molar-refractivity contribution in [3.8, 4) is 11.5 Å². The average Bonchev–Trinajstić information content (AvgIpc) is 2.98. The van der Waals surface area contributed by atoms with Crippen LogP contribution >= 0.6 is 0 Å². The van der Waals surface area contributed by atoms with Gasteiger partial charge in [0.15, 0.2) is 11.5 Å². The van der Waals surface area contributed by atoms with Gasteiger partial charge in [-0.15, -0.1) is 0 Å². The molecule has 1 amide bonds. The van der Waals surface area contributed by atoms with Crippen LogP contribution in [0.1, 0.15) is 54.6 Å². The number of furan rings is 1. The SMILES string of the molecule is Cc1ccc(-c2noc(N)c2C(=O)NC2CCCCCC2)o1. The predicted octanol–water partition coefficient (Wildman–Crippen LogP) is 3.28. The van der Waals surface area contributed by atoms with Crippen molar-refractivity contribution in [2.24, 2.45) is 0 Å². The maximum absolute atomic E-state index is 12.6. The maximum Gasteiger partial charge on any atom is 0.259 e. The minimum atomic E-state index is -0.241. The van der Waals surface area contributed by atoms with Crippen molar-refractivity contribution in [1.29, 1.82) is 0 Å². The summed E-state index contributed by atoms with van der Waals surface area (Å²) in [6, 6.07) is 3.76. The first-order chi connectivity index (χ1) is 10.6. The normalized spacial score (nSPS) is 16.4. The predicted molar refractivity (Wildman–Crippen MR) is 82.3 cm³/mol. The molecule has 22 heavy (non-hydrogen) atoms. The van der Waals surface area contributed by atoms with Gasteiger partial charge in [0, 0.05) is 6.04 Å². The zero-order chi connectivity index (χ0) is 15.5. The zero-order valence-electron chi connectivity index (χ0n) is 12.7. The zero-order valence-corrected chi connectivity index (χ0v) is 12.7. The van der Waals surface area contributed by atoms with Crippen molar-refractivity contribution in [2.45, 2.75) is 51.5 Å². The second-order valence-electron chi connectivity index (χ2n) is 5.84. The number of nitrogens with zero attached hydrogens (tertiary/aromatic N) is 1. The Bertz CT molecular complexity index is 651. The van der Waals surface area contributed by atoms with Gasteiger partial charge in [-0.3, -0.25) is 4.79 Å². The summed E-state index contributed by atoms with van der Waals surface area (Å²) in [5.74, 6) is 1.01. The molecule has 2 heterocycles. The molecule has 1 aliphatic carbocycles. The molecule has 0 atom stereocenters. The molecule has 0 bridgehead atoms. The van der Waals surface area contributed by atoms with Crippen LogP contribution in [-0.4, -0.2) is 17.1 Å². The Kier molecular flexibility index (Phi) is 4.18. The summed E-state index contributed by atoms with van der Waals surface area (Å²) in [5, 5.41) is 6.94. The van der Waals surface area contributed by atoms with Gasteiger partial charge >= 0.3 is 0 Å². The van der Waals surface area contributed by atoms with Crippen LogP contribution in [0.15, 0.2) is 21.1 Å². The number of amides is 1. The van der Waals surface area contributed by atoms with Crippen LogP contribution in [0.25, 0.3) is 11.5 Å². The Morgan fingerprint density at radius 2 is 2.00 bits per heavy atom. The number of aryl methyl sites for hydroxylation is 1. The van der Waals surface area contributed by atoms with Gasteiger partial charge in [0.1, 0.15) is 11.3 Å². The molecule has 6 nitrogen and oxygen atoms in total. The number of aromatic nitrogens is 1. The lowest BCUT2D eigenvalue weighted by molar-refractivity contribution is 0.0934. The summed E-state index contributed by atoms with van der Waals surface area (Å²) in [4.78, 5) is 12.6. The monoisotopic (exact) mass is 303 g/mol. The van der Waals surface area contributed by atoms with E-state index in [9.17, 15) is 4.79 Å². The molecule has 0 radical (unpaired) electrons. The Balaban J connectivity index is 1.81. The summed E-state index contributed by atoms with van der Waals surface area (Å²) in [6.45, 7) is 1.83. The number of hydrogen-bond acceptors (Lipinski definition) is 5. The van der Waals surface area contributed by atoms with Crippen LogP contribution in [0.4, 0.5) is 5.88 Å². The van der Waals surface area contributed by atoms with E-state index in [4.69, 9.17) is 14.7 Å². The van der Waals surface area contributed by atoms with E-state index in [-0.39, 0.29) is 23.4 Å². The molecule has 3 N–H and O–H groups in total. The second-order valence-corrected chi connectivity index (χ2v) is 5.84. The van der Waals surface area contributed by atoms with E-state index in [2.05, 4.69) is 10.5 Å². The summed E-state index contributed by atoms with van der Waals surface area (Å²) < 4.78 is 10.5. The highest BCUT2D eigenvalue weighted by Gasteiger charge is 2.26. The fourth-order valence-corrected chi connectivity index (χ4v) is 2.93. The molecule has 1 aliphatic rings. The summed E-state index contributed by atoms with van der Waals surface area (Å²) >= 11 is 0. The molecule has 6 heteroatoms. The lowest BCUT2D eigenvalue weighted by Gasteiger charge is -2.15. The third-order valence-electron chi connectivity index (χ3n) is 4.11. The number of carbonyl (C=O) groups excluding carboxylic acids is 1. The van der Waals surface area contributed by atoms with Crippen molar-refractivity contribution < 1.29 is 13.7 Å². The molecule has 118 valence electrons. The van der Waals surface area contributed by atoms with E-state index in [1.165, 1.54) is 12.8 Å². The molecule has 0 unspecified atom stereocenters. The lowest BCUT2D eigenvalue weighted by Crippen LogP contribution is -2.34. The molecule has 2 aromatic rings. The molecule has 1 saturated carbocycles. The molecular weight excluding hydrogens is 282 g/mol. The van der Waals surface area contributed by atoms with Crippen LogP contribution in [0.5, 0.6) is 0 Å². The highest BCUT2D eigenvalue weighted by molar-refractivity contribution is 6.03. The van der Waals surface area contributed by atoms with Gasteiger partial charge in [0.05, 0.1) is 0 Å². The van der Waals surface area contributed by atoms with E-state index < -0.39 is 0 Å². The molecule has 0 spiro atoms. The van der Waals surface area contributed by atoms with E-state index >= 15 is 0 Å².